The second-order valence-corrected chi connectivity index (χ2v) is 4.37. The van der Waals surface area contributed by atoms with Gasteiger partial charge in [0.05, 0.1) is 7.11 Å². The van der Waals surface area contributed by atoms with Gasteiger partial charge in [-0.15, -0.1) is 0 Å². The first-order valence-electron chi connectivity index (χ1n) is 6.46. The van der Waals surface area contributed by atoms with Crippen molar-refractivity contribution in [1.29, 1.82) is 0 Å². The molecule has 0 unspecified atom stereocenters. The van der Waals surface area contributed by atoms with Gasteiger partial charge in [0.15, 0.2) is 0 Å². The Labute approximate surface area is 127 Å². The van der Waals surface area contributed by atoms with Crippen molar-refractivity contribution in [2.45, 2.75) is 6.61 Å². The number of carbonyl (C=O) groups is 2. The largest absolute Gasteiger partial charge is 0.514 e. The van der Waals surface area contributed by atoms with Crippen molar-refractivity contribution in [3.05, 3.63) is 59.7 Å². The predicted octanol–water partition coefficient (Wildman–Crippen LogP) is 2.77. The van der Waals surface area contributed by atoms with Gasteiger partial charge in [-0.3, -0.25) is 0 Å². The van der Waals surface area contributed by atoms with Crippen LogP contribution in [0.1, 0.15) is 15.9 Å². The number of rotatable bonds is 4. The van der Waals surface area contributed by atoms with Gasteiger partial charge in [-0.05, 0) is 23.8 Å². The molecule has 0 amide bonds. The Hall–Kier alpha value is -3.02. The fraction of sp³-hybridized carbons (Fsp3) is 0.125. The molecule has 0 aliphatic carbocycles. The van der Waals surface area contributed by atoms with Gasteiger partial charge in [0.25, 0.3) is 0 Å². The monoisotopic (exact) mass is 301 g/mol. The number of nitrogen functional groups attached to an aromatic ring is 1. The van der Waals surface area contributed by atoms with Crippen molar-refractivity contribution in [3.63, 3.8) is 0 Å². The molecule has 2 N–H and O–H groups in total. The number of carbonyl (C=O) groups excluding carboxylic acids is 2. The molecule has 6 nitrogen and oxygen atoms in total. The molecule has 0 fully saturated rings. The highest BCUT2D eigenvalue weighted by molar-refractivity contribution is 5.94. The van der Waals surface area contributed by atoms with Crippen LogP contribution in [0.15, 0.2) is 48.5 Å². The molecule has 2 rings (SSSR count). The minimum atomic E-state index is -0.918. The van der Waals surface area contributed by atoms with Crippen LogP contribution in [0.5, 0.6) is 5.75 Å². The number of ether oxygens (including phenoxy) is 3. The van der Waals surface area contributed by atoms with E-state index in [1.807, 2.05) is 30.3 Å². The van der Waals surface area contributed by atoms with Gasteiger partial charge in [-0.25, -0.2) is 9.59 Å². The molecule has 114 valence electrons. The van der Waals surface area contributed by atoms with Gasteiger partial charge in [-0.1, -0.05) is 30.3 Å². The molecule has 0 atom stereocenters. The van der Waals surface area contributed by atoms with Gasteiger partial charge in [0, 0.05) is 5.69 Å². The third-order valence-corrected chi connectivity index (χ3v) is 2.80. The lowest BCUT2D eigenvalue weighted by atomic mass is 10.2. The van der Waals surface area contributed by atoms with Gasteiger partial charge in [0.2, 0.25) is 0 Å². The van der Waals surface area contributed by atoms with Crippen LogP contribution in [0.2, 0.25) is 0 Å². The third-order valence-electron chi connectivity index (χ3n) is 2.80. The van der Waals surface area contributed by atoms with Gasteiger partial charge >= 0.3 is 12.1 Å². The quantitative estimate of drug-likeness (QED) is 0.531. The van der Waals surface area contributed by atoms with E-state index in [0.29, 0.717) is 5.69 Å². The summed E-state index contributed by atoms with van der Waals surface area (Å²) in [7, 11) is 1.23. The summed E-state index contributed by atoms with van der Waals surface area (Å²) in [5, 5.41) is 0. The smallest absolute Gasteiger partial charge is 0.465 e. The van der Waals surface area contributed by atoms with Crippen LogP contribution in [0.3, 0.4) is 0 Å². The molecule has 6 heteroatoms. The van der Waals surface area contributed by atoms with E-state index in [1.54, 1.807) is 0 Å². The molecule has 2 aromatic carbocycles. The first kappa shape index (κ1) is 15.4. The van der Waals surface area contributed by atoms with Crippen molar-refractivity contribution in [3.8, 4) is 5.75 Å². The molecule has 0 saturated heterocycles. The Kier molecular flexibility index (Phi) is 4.98. The van der Waals surface area contributed by atoms with Crippen LogP contribution in [0, 0.1) is 0 Å². The van der Waals surface area contributed by atoms with E-state index in [2.05, 4.69) is 4.74 Å². The Morgan fingerprint density at radius 2 is 1.82 bits per heavy atom. The zero-order valence-corrected chi connectivity index (χ0v) is 11.9. The van der Waals surface area contributed by atoms with E-state index in [1.165, 1.54) is 25.3 Å². The first-order chi connectivity index (χ1) is 10.6. The number of hydrogen-bond donors (Lipinski definition) is 1. The maximum atomic E-state index is 11.7. The summed E-state index contributed by atoms with van der Waals surface area (Å²) in [5.74, 6) is -0.628. The van der Waals surface area contributed by atoms with Crippen molar-refractivity contribution < 1.29 is 23.8 Å². The molecule has 0 heterocycles. The highest BCUT2D eigenvalue weighted by atomic mass is 16.7. The van der Waals surface area contributed by atoms with Crippen LogP contribution in [0.4, 0.5) is 10.5 Å². The molecular weight excluding hydrogens is 286 g/mol. The molecule has 0 aliphatic rings. The van der Waals surface area contributed by atoms with Crippen LogP contribution in [-0.4, -0.2) is 19.2 Å². The average Bonchev–Trinajstić information content (AvgIpc) is 2.55. The fourth-order valence-corrected chi connectivity index (χ4v) is 1.74. The predicted molar refractivity (Wildman–Crippen MR) is 79.4 cm³/mol. The minimum Gasteiger partial charge on any atom is -0.465 e. The molecule has 0 spiro atoms. The lowest BCUT2D eigenvalue weighted by Crippen LogP contribution is -2.14. The first-order valence-corrected chi connectivity index (χ1v) is 6.46. The summed E-state index contributed by atoms with van der Waals surface area (Å²) in [4.78, 5) is 23.3. The van der Waals surface area contributed by atoms with E-state index in [9.17, 15) is 9.59 Å². The van der Waals surface area contributed by atoms with Gasteiger partial charge in [-0.2, -0.15) is 0 Å². The molecule has 0 radical (unpaired) electrons. The highest BCUT2D eigenvalue weighted by Gasteiger charge is 2.17. The maximum Gasteiger partial charge on any atom is 0.514 e. The number of hydrogen-bond acceptors (Lipinski definition) is 6. The number of methoxy groups -OCH3 is 1. The molecule has 0 bridgehead atoms. The van der Waals surface area contributed by atoms with E-state index in [-0.39, 0.29) is 17.9 Å². The van der Waals surface area contributed by atoms with Crippen molar-refractivity contribution in [1.82, 2.24) is 0 Å². The second-order valence-electron chi connectivity index (χ2n) is 4.37. The number of nitrogens with two attached hydrogens (primary N) is 1. The zero-order valence-electron chi connectivity index (χ0n) is 11.9. The van der Waals surface area contributed by atoms with E-state index >= 15 is 0 Å². The molecule has 0 aliphatic heterocycles. The molecule has 0 aromatic heterocycles. The summed E-state index contributed by atoms with van der Waals surface area (Å²) in [6.45, 7) is 0.0716. The topological polar surface area (TPSA) is 87.9 Å². The summed E-state index contributed by atoms with van der Waals surface area (Å²) < 4.78 is 14.6. The second kappa shape index (κ2) is 7.12. The maximum absolute atomic E-state index is 11.7. The van der Waals surface area contributed by atoms with Crippen LogP contribution < -0.4 is 10.5 Å². The molecular formula is C16H15NO5. The Morgan fingerprint density at radius 3 is 2.50 bits per heavy atom. The molecule has 2 aromatic rings. The summed E-state index contributed by atoms with van der Waals surface area (Å²) in [6, 6.07) is 13.4. The number of anilines is 1. The standard InChI is InChI=1S/C16H15NO5/c1-20-15(18)13-9-12(17)7-8-14(13)22-16(19)21-10-11-5-3-2-4-6-11/h2-9H,10,17H2,1H3. The normalized spacial score (nSPS) is 9.86. The van der Waals surface area contributed by atoms with E-state index in [4.69, 9.17) is 15.2 Å². The van der Waals surface area contributed by atoms with Crippen molar-refractivity contribution >= 4 is 17.8 Å². The van der Waals surface area contributed by atoms with Crippen LogP contribution in [0.25, 0.3) is 0 Å². The average molecular weight is 301 g/mol. The zero-order chi connectivity index (χ0) is 15.9. The van der Waals surface area contributed by atoms with Crippen LogP contribution in [-0.2, 0) is 16.1 Å². The van der Waals surface area contributed by atoms with E-state index < -0.39 is 12.1 Å². The SMILES string of the molecule is COC(=O)c1cc(N)ccc1OC(=O)OCc1ccccc1. The third kappa shape index (κ3) is 3.99. The lowest BCUT2D eigenvalue weighted by molar-refractivity contribution is 0.0593. The summed E-state index contributed by atoms with van der Waals surface area (Å²) in [6.07, 6.45) is -0.918. The summed E-state index contributed by atoms with van der Waals surface area (Å²) >= 11 is 0. The van der Waals surface area contributed by atoms with Crippen LogP contribution >= 0.6 is 0 Å². The molecule has 0 saturated carbocycles. The Bertz CT molecular complexity index is 669. The minimum absolute atomic E-state index is 0.0270. The fourth-order valence-electron chi connectivity index (χ4n) is 1.74. The lowest BCUT2D eigenvalue weighted by Gasteiger charge is -2.10. The Morgan fingerprint density at radius 1 is 1.09 bits per heavy atom. The van der Waals surface area contributed by atoms with Crippen molar-refractivity contribution in [2.75, 3.05) is 12.8 Å². The summed E-state index contributed by atoms with van der Waals surface area (Å²) in [5.41, 5.74) is 6.84. The van der Waals surface area contributed by atoms with E-state index in [0.717, 1.165) is 5.56 Å². The number of esters is 1. The van der Waals surface area contributed by atoms with Crippen molar-refractivity contribution in [2.24, 2.45) is 0 Å². The van der Waals surface area contributed by atoms with Gasteiger partial charge < -0.3 is 19.9 Å². The number of benzene rings is 2. The highest BCUT2D eigenvalue weighted by Crippen LogP contribution is 2.23. The molecule has 22 heavy (non-hydrogen) atoms. The Balaban J connectivity index is 2.03. The van der Waals surface area contributed by atoms with Gasteiger partial charge in [0.1, 0.15) is 17.9 Å².